The van der Waals surface area contributed by atoms with E-state index in [1.807, 2.05) is 50.6 Å². The maximum absolute atomic E-state index is 13.2. The zero-order valence-electron chi connectivity index (χ0n) is 16.9. The Balaban J connectivity index is 2.09. The third-order valence-corrected chi connectivity index (χ3v) is 5.91. The van der Waals surface area contributed by atoms with Crippen LogP contribution in [0, 0.1) is 0 Å². The van der Waals surface area contributed by atoms with Gasteiger partial charge >= 0.3 is 0 Å². The van der Waals surface area contributed by atoms with Crippen LogP contribution >= 0.6 is 11.8 Å². The summed E-state index contributed by atoms with van der Waals surface area (Å²) in [5.41, 5.74) is 2.00. The number of aromatic nitrogens is 3. The number of nitrogens with one attached hydrogen (secondary N) is 1. The Bertz CT molecular complexity index is 1090. The Morgan fingerprint density at radius 3 is 2.75 bits per heavy atom. The minimum atomic E-state index is -0.102. The van der Waals surface area contributed by atoms with Gasteiger partial charge in [-0.25, -0.2) is 4.98 Å². The quantitative estimate of drug-likeness (QED) is 0.486. The standard InChI is InChI=1S/C20H26N4O3S/c1-6-12(3)21-16(25)11-28-20-22-17-14-10-13(27-5)8-9-15(14)23(4)18(17)19(26)24(20)7-2/h8-10,12H,6-7,11H2,1-5H3,(H,21,25)/t12-/m0/s1. The molecule has 0 unspecified atom stereocenters. The molecule has 0 saturated carbocycles. The van der Waals surface area contributed by atoms with Gasteiger partial charge in [0.15, 0.2) is 5.16 Å². The van der Waals surface area contributed by atoms with Gasteiger partial charge in [-0.05, 0) is 38.5 Å². The highest BCUT2D eigenvalue weighted by molar-refractivity contribution is 7.99. The van der Waals surface area contributed by atoms with Crippen molar-refractivity contribution in [3.05, 3.63) is 28.6 Å². The summed E-state index contributed by atoms with van der Waals surface area (Å²) in [5, 5.41) is 4.36. The van der Waals surface area contributed by atoms with E-state index in [4.69, 9.17) is 9.72 Å². The molecule has 8 heteroatoms. The van der Waals surface area contributed by atoms with E-state index in [0.717, 1.165) is 17.3 Å². The summed E-state index contributed by atoms with van der Waals surface area (Å²) in [4.78, 5) is 30.1. The number of rotatable bonds is 7. The molecule has 0 radical (unpaired) electrons. The van der Waals surface area contributed by atoms with E-state index in [2.05, 4.69) is 5.32 Å². The summed E-state index contributed by atoms with van der Waals surface area (Å²) in [5.74, 6) is 0.871. The smallest absolute Gasteiger partial charge is 0.278 e. The zero-order chi connectivity index (χ0) is 20.4. The van der Waals surface area contributed by atoms with Crippen LogP contribution in [0.3, 0.4) is 0 Å². The molecule has 0 fully saturated rings. The molecule has 3 rings (SSSR count). The van der Waals surface area contributed by atoms with Crippen LogP contribution in [0.25, 0.3) is 21.9 Å². The second-order valence-corrected chi connectivity index (χ2v) is 7.69. The lowest BCUT2D eigenvalue weighted by molar-refractivity contribution is -0.119. The highest BCUT2D eigenvalue weighted by Gasteiger charge is 2.19. The van der Waals surface area contributed by atoms with Gasteiger partial charge in [0.05, 0.1) is 18.4 Å². The molecule has 2 heterocycles. The van der Waals surface area contributed by atoms with E-state index in [0.29, 0.717) is 28.5 Å². The number of aryl methyl sites for hydroxylation is 1. The first-order chi connectivity index (χ1) is 13.4. The second kappa shape index (κ2) is 8.26. The van der Waals surface area contributed by atoms with Crippen LogP contribution in [-0.2, 0) is 18.4 Å². The van der Waals surface area contributed by atoms with Crippen LogP contribution in [0.5, 0.6) is 5.75 Å². The van der Waals surface area contributed by atoms with Gasteiger partial charge in [-0.15, -0.1) is 0 Å². The van der Waals surface area contributed by atoms with Crippen molar-refractivity contribution in [1.82, 2.24) is 19.4 Å². The van der Waals surface area contributed by atoms with Gasteiger partial charge in [0.2, 0.25) is 5.91 Å². The van der Waals surface area contributed by atoms with Crippen LogP contribution in [-0.4, -0.2) is 38.9 Å². The van der Waals surface area contributed by atoms with Crippen molar-refractivity contribution in [2.45, 2.75) is 44.9 Å². The predicted octanol–water partition coefficient (Wildman–Crippen LogP) is 2.92. The van der Waals surface area contributed by atoms with E-state index in [9.17, 15) is 9.59 Å². The monoisotopic (exact) mass is 402 g/mol. The number of methoxy groups -OCH3 is 1. The maximum Gasteiger partial charge on any atom is 0.278 e. The summed E-state index contributed by atoms with van der Waals surface area (Å²) in [6, 6.07) is 5.82. The van der Waals surface area contributed by atoms with Crippen LogP contribution in [0.4, 0.5) is 0 Å². The number of fused-ring (bicyclic) bond motifs is 3. The van der Waals surface area contributed by atoms with Crippen molar-refractivity contribution in [2.24, 2.45) is 7.05 Å². The molecule has 1 aromatic carbocycles. The number of nitrogens with zero attached hydrogens (tertiary/aromatic N) is 3. The van der Waals surface area contributed by atoms with Gasteiger partial charge in [0.1, 0.15) is 16.8 Å². The van der Waals surface area contributed by atoms with Crippen molar-refractivity contribution in [3.63, 3.8) is 0 Å². The second-order valence-electron chi connectivity index (χ2n) is 6.75. The summed E-state index contributed by atoms with van der Waals surface area (Å²) in [6.45, 7) is 6.39. The molecule has 0 saturated heterocycles. The highest BCUT2D eigenvalue weighted by Crippen LogP contribution is 2.29. The van der Waals surface area contributed by atoms with E-state index < -0.39 is 0 Å². The van der Waals surface area contributed by atoms with E-state index in [1.54, 1.807) is 11.7 Å². The molecule has 7 nitrogen and oxygen atoms in total. The number of carbonyl (C=O) groups excluding carboxylic acids is 1. The van der Waals surface area contributed by atoms with Crippen molar-refractivity contribution in [3.8, 4) is 5.75 Å². The minimum Gasteiger partial charge on any atom is -0.497 e. The normalized spacial score (nSPS) is 12.5. The summed E-state index contributed by atoms with van der Waals surface area (Å²) in [6.07, 6.45) is 0.873. The number of hydrogen-bond donors (Lipinski definition) is 1. The number of amides is 1. The van der Waals surface area contributed by atoms with E-state index in [-0.39, 0.29) is 23.3 Å². The summed E-state index contributed by atoms with van der Waals surface area (Å²) in [7, 11) is 3.48. The number of carbonyl (C=O) groups is 1. The van der Waals surface area contributed by atoms with Crippen LogP contribution in [0.1, 0.15) is 27.2 Å². The van der Waals surface area contributed by atoms with Gasteiger partial charge in [0.25, 0.3) is 5.56 Å². The lowest BCUT2D eigenvalue weighted by Crippen LogP contribution is -2.33. The third-order valence-electron chi connectivity index (χ3n) is 4.93. The Kier molecular flexibility index (Phi) is 5.98. The van der Waals surface area contributed by atoms with Crippen molar-refractivity contribution < 1.29 is 9.53 Å². The third kappa shape index (κ3) is 3.61. The summed E-state index contributed by atoms with van der Waals surface area (Å²) < 4.78 is 8.83. The summed E-state index contributed by atoms with van der Waals surface area (Å²) >= 11 is 1.29. The maximum atomic E-state index is 13.2. The highest BCUT2D eigenvalue weighted by atomic mass is 32.2. The zero-order valence-corrected chi connectivity index (χ0v) is 17.7. The molecule has 0 bridgehead atoms. The molecule has 1 atom stereocenters. The first-order valence-corrected chi connectivity index (χ1v) is 10.4. The molecule has 0 aliphatic rings. The van der Waals surface area contributed by atoms with Gasteiger partial charge < -0.3 is 14.6 Å². The molecular weight excluding hydrogens is 376 g/mol. The van der Waals surface area contributed by atoms with Gasteiger partial charge in [-0.3, -0.25) is 14.2 Å². The largest absolute Gasteiger partial charge is 0.497 e. The first kappa shape index (κ1) is 20.3. The molecule has 0 spiro atoms. The van der Waals surface area contributed by atoms with E-state index >= 15 is 0 Å². The van der Waals surface area contributed by atoms with Crippen LogP contribution in [0.15, 0.2) is 28.2 Å². The average Bonchev–Trinajstić information content (AvgIpc) is 2.98. The molecule has 150 valence electrons. The van der Waals surface area contributed by atoms with Crippen molar-refractivity contribution >= 4 is 39.6 Å². The Morgan fingerprint density at radius 2 is 2.11 bits per heavy atom. The Morgan fingerprint density at radius 1 is 1.36 bits per heavy atom. The molecule has 2 aromatic heterocycles. The SMILES string of the molecule is CC[C@H](C)NC(=O)CSc1nc2c3cc(OC)ccc3n(C)c2c(=O)n1CC. The Hall–Kier alpha value is -2.48. The lowest BCUT2D eigenvalue weighted by Gasteiger charge is -2.13. The first-order valence-electron chi connectivity index (χ1n) is 9.40. The van der Waals surface area contributed by atoms with Crippen molar-refractivity contribution in [1.29, 1.82) is 0 Å². The fourth-order valence-electron chi connectivity index (χ4n) is 3.20. The number of hydrogen-bond acceptors (Lipinski definition) is 5. The number of ether oxygens (including phenoxy) is 1. The van der Waals surface area contributed by atoms with Crippen molar-refractivity contribution in [2.75, 3.05) is 12.9 Å². The molecule has 1 N–H and O–H groups in total. The minimum absolute atomic E-state index is 0.0593. The molecule has 1 amide bonds. The fourth-order valence-corrected chi connectivity index (χ4v) is 4.06. The van der Waals surface area contributed by atoms with Crippen LogP contribution < -0.4 is 15.6 Å². The van der Waals surface area contributed by atoms with E-state index in [1.165, 1.54) is 11.8 Å². The molecule has 0 aliphatic heterocycles. The van der Waals surface area contributed by atoms with Gasteiger partial charge in [-0.2, -0.15) is 0 Å². The number of benzene rings is 1. The number of thioether (sulfide) groups is 1. The Labute approximate surface area is 168 Å². The fraction of sp³-hybridized carbons (Fsp3) is 0.450. The predicted molar refractivity (Wildman–Crippen MR) is 113 cm³/mol. The van der Waals surface area contributed by atoms with Crippen LogP contribution in [0.2, 0.25) is 0 Å². The van der Waals surface area contributed by atoms with Gasteiger partial charge in [0, 0.05) is 25.0 Å². The topological polar surface area (TPSA) is 78.2 Å². The molecule has 0 aliphatic carbocycles. The van der Waals surface area contributed by atoms with Gasteiger partial charge in [-0.1, -0.05) is 18.7 Å². The lowest BCUT2D eigenvalue weighted by atomic mass is 10.2. The molecule has 28 heavy (non-hydrogen) atoms. The molecular formula is C20H26N4O3S. The molecule has 3 aromatic rings. The average molecular weight is 403 g/mol.